The van der Waals surface area contributed by atoms with Gasteiger partial charge in [0.1, 0.15) is 12.2 Å². The first kappa shape index (κ1) is 25.5. The maximum absolute atomic E-state index is 13.4. The van der Waals surface area contributed by atoms with Crippen molar-refractivity contribution in [1.29, 1.82) is 0 Å². The van der Waals surface area contributed by atoms with Crippen LogP contribution in [0, 0.1) is 0 Å². The van der Waals surface area contributed by atoms with Crippen LogP contribution in [0.3, 0.4) is 0 Å². The van der Waals surface area contributed by atoms with Gasteiger partial charge in [-0.05, 0) is 50.3 Å². The Morgan fingerprint density at radius 1 is 1.09 bits per heavy atom. The summed E-state index contributed by atoms with van der Waals surface area (Å²) in [6.45, 7) is 2.36. The molecule has 3 rings (SSSR count). The van der Waals surface area contributed by atoms with E-state index >= 15 is 0 Å². The number of nitrogens with zero attached hydrogens (tertiary/aromatic N) is 1. The Labute approximate surface area is 200 Å². The molecule has 2 aromatic carbocycles. The van der Waals surface area contributed by atoms with Gasteiger partial charge in [0.05, 0.1) is 6.61 Å². The predicted molar refractivity (Wildman–Crippen MR) is 132 cm³/mol. The van der Waals surface area contributed by atoms with E-state index in [1.807, 2.05) is 48.5 Å². The Kier molecular flexibility index (Phi) is 9.60. The normalized spacial score (nSPS) is 19.8. The van der Waals surface area contributed by atoms with Crippen molar-refractivity contribution < 1.29 is 23.8 Å². The number of aryl methyl sites for hydroxylation is 1. The first-order valence-electron chi connectivity index (χ1n) is 11.4. The number of likely N-dealkylation sites (tertiary alicyclic amines) is 1. The predicted octanol–water partition coefficient (Wildman–Crippen LogP) is 5.17. The number of carbonyl (C=O) groups is 2. The number of hydrogen-bond acceptors (Lipinski definition) is 5. The van der Waals surface area contributed by atoms with Crippen molar-refractivity contribution in [2.45, 2.75) is 48.8 Å². The molecule has 0 saturated carbocycles. The second kappa shape index (κ2) is 12.4. The monoisotopic (exact) mass is 489 g/mol. The number of carboxylic acid groups (broad SMARTS) is 1. The third kappa shape index (κ3) is 7.73. The first-order chi connectivity index (χ1) is 15.9. The lowest BCUT2D eigenvalue weighted by Gasteiger charge is -2.24. The van der Waals surface area contributed by atoms with E-state index in [2.05, 4.69) is 12.1 Å². The summed E-state index contributed by atoms with van der Waals surface area (Å²) in [4.78, 5) is 27.4. The smallest absolute Gasteiger partial charge is 0.326 e. The van der Waals surface area contributed by atoms with E-state index in [9.17, 15) is 19.3 Å². The van der Waals surface area contributed by atoms with Crippen LogP contribution in [0.1, 0.15) is 31.7 Å². The van der Waals surface area contributed by atoms with Crippen molar-refractivity contribution in [3.63, 3.8) is 0 Å². The summed E-state index contributed by atoms with van der Waals surface area (Å²) in [6, 6.07) is 19.0. The molecule has 1 N–H and O–H groups in total. The van der Waals surface area contributed by atoms with E-state index in [-0.39, 0.29) is 18.0 Å². The van der Waals surface area contributed by atoms with E-state index in [0.717, 1.165) is 17.7 Å². The van der Waals surface area contributed by atoms with Crippen molar-refractivity contribution in [3.05, 3.63) is 66.2 Å². The Balaban J connectivity index is 1.58. The highest BCUT2D eigenvalue weighted by Crippen LogP contribution is 2.48. The molecule has 1 unspecified atom stereocenters. The van der Waals surface area contributed by atoms with Crippen molar-refractivity contribution in [2.24, 2.45) is 0 Å². The summed E-state index contributed by atoms with van der Waals surface area (Å²) < 4.78 is 19.0. The molecule has 3 atom stereocenters. The molecule has 0 radical (unpaired) electrons. The highest BCUT2D eigenvalue weighted by molar-refractivity contribution is 8.00. The number of rotatable bonds is 12. The maximum Gasteiger partial charge on any atom is 0.326 e. The fourth-order valence-electron chi connectivity index (χ4n) is 4.13. The molecule has 178 valence electrons. The van der Waals surface area contributed by atoms with Gasteiger partial charge in [-0.3, -0.25) is 9.36 Å². The molecule has 33 heavy (non-hydrogen) atoms. The molecular weight excluding hydrogens is 457 g/mol. The SMILES string of the molecule is CCOP(=O)(CCCCc1ccccc1)CC(=O)N1C[C@@H](Sc2ccccc2)C[C@H]1C(=O)O. The van der Waals surface area contributed by atoms with Crippen molar-refractivity contribution >= 4 is 31.0 Å². The first-order valence-corrected chi connectivity index (χ1v) is 14.3. The van der Waals surface area contributed by atoms with E-state index in [4.69, 9.17) is 4.52 Å². The van der Waals surface area contributed by atoms with E-state index in [0.29, 0.717) is 25.5 Å². The lowest BCUT2D eigenvalue weighted by atomic mass is 10.1. The molecule has 1 aliphatic heterocycles. The second-order valence-corrected chi connectivity index (χ2v) is 12.3. The van der Waals surface area contributed by atoms with Crippen LogP contribution in [0.4, 0.5) is 0 Å². The number of aliphatic carboxylic acids is 1. The van der Waals surface area contributed by atoms with E-state index in [1.54, 1.807) is 18.7 Å². The minimum absolute atomic E-state index is 0.0187. The van der Waals surface area contributed by atoms with Crippen molar-refractivity contribution in [1.82, 2.24) is 4.90 Å². The third-order valence-corrected chi connectivity index (χ3v) is 9.41. The third-order valence-electron chi connectivity index (χ3n) is 5.71. The number of amides is 1. The zero-order chi connectivity index (χ0) is 23.7. The number of carboxylic acids is 1. The van der Waals surface area contributed by atoms with Gasteiger partial charge in [-0.25, -0.2) is 4.79 Å². The van der Waals surface area contributed by atoms with Crippen LogP contribution in [0.25, 0.3) is 0 Å². The second-order valence-electron chi connectivity index (χ2n) is 8.25. The molecule has 1 amide bonds. The Hall–Kier alpha value is -2.08. The number of thioether (sulfide) groups is 1. The Morgan fingerprint density at radius 3 is 2.39 bits per heavy atom. The highest BCUT2D eigenvalue weighted by atomic mass is 32.2. The molecular formula is C25H32NO5PS. The molecule has 6 nitrogen and oxygen atoms in total. The fourth-order valence-corrected chi connectivity index (χ4v) is 7.49. The number of carbonyl (C=O) groups excluding carboxylic acids is 1. The number of benzene rings is 2. The molecule has 1 fully saturated rings. The van der Waals surface area contributed by atoms with Crippen molar-refractivity contribution in [3.8, 4) is 0 Å². The van der Waals surface area contributed by atoms with Crippen LogP contribution in [0.5, 0.6) is 0 Å². The van der Waals surface area contributed by atoms with Gasteiger partial charge in [-0.15, -0.1) is 11.8 Å². The summed E-state index contributed by atoms with van der Waals surface area (Å²) in [6.07, 6.45) is 2.88. The largest absolute Gasteiger partial charge is 0.480 e. The molecule has 1 saturated heterocycles. The maximum atomic E-state index is 13.4. The molecule has 1 heterocycles. The lowest BCUT2D eigenvalue weighted by molar-refractivity contribution is -0.147. The highest BCUT2D eigenvalue weighted by Gasteiger charge is 2.42. The fraction of sp³-hybridized carbons (Fsp3) is 0.440. The van der Waals surface area contributed by atoms with Gasteiger partial charge in [0, 0.05) is 22.9 Å². The molecule has 0 spiro atoms. The van der Waals surface area contributed by atoms with Crippen LogP contribution in [-0.4, -0.2) is 58.7 Å². The summed E-state index contributed by atoms with van der Waals surface area (Å²) in [5.41, 5.74) is 1.23. The summed E-state index contributed by atoms with van der Waals surface area (Å²) >= 11 is 1.58. The molecule has 1 aliphatic rings. The van der Waals surface area contributed by atoms with Crippen LogP contribution in [0.15, 0.2) is 65.6 Å². The zero-order valence-corrected chi connectivity index (χ0v) is 20.7. The van der Waals surface area contributed by atoms with Gasteiger partial charge in [0.25, 0.3) is 0 Å². The summed E-state index contributed by atoms with van der Waals surface area (Å²) in [5, 5.41) is 9.68. The van der Waals surface area contributed by atoms with Crippen molar-refractivity contribution in [2.75, 3.05) is 25.5 Å². The molecule has 0 bridgehead atoms. The minimum atomic E-state index is -3.18. The quantitative estimate of drug-likeness (QED) is 0.327. The van der Waals surface area contributed by atoms with Gasteiger partial charge in [-0.2, -0.15) is 0 Å². The Bertz CT molecular complexity index is 956. The molecule has 0 aromatic heterocycles. The van der Waals surface area contributed by atoms with Gasteiger partial charge >= 0.3 is 5.97 Å². The lowest BCUT2D eigenvalue weighted by Crippen LogP contribution is -2.42. The molecule has 0 aliphatic carbocycles. The summed E-state index contributed by atoms with van der Waals surface area (Å²) in [7, 11) is -3.18. The zero-order valence-electron chi connectivity index (χ0n) is 19.0. The average Bonchev–Trinajstić information content (AvgIpc) is 3.23. The van der Waals surface area contributed by atoms with Crippen LogP contribution in [-0.2, 0) is 25.1 Å². The Morgan fingerprint density at radius 2 is 1.76 bits per heavy atom. The topological polar surface area (TPSA) is 83.9 Å². The van der Waals surface area contributed by atoms with Crippen LogP contribution in [0.2, 0.25) is 0 Å². The van der Waals surface area contributed by atoms with Gasteiger partial charge in [-0.1, -0.05) is 48.5 Å². The van der Waals surface area contributed by atoms with Gasteiger partial charge in [0.15, 0.2) is 0 Å². The minimum Gasteiger partial charge on any atom is -0.480 e. The standard InChI is InChI=1S/C25H32NO5PS/c1-2-31-32(30,16-10-9-13-20-11-5-3-6-12-20)19-24(27)26-18-22(17-23(26)25(28)29)33-21-14-7-4-8-15-21/h3-8,11-12,14-15,22-23H,2,9-10,13,16-19H2,1H3,(H,28,29)/t22-,23-,32?/m0/s1. The summed E-state index contributed by atoms with van der Waals surface area (Å²) in [5.74, 6) is -1.41. The van der Waals surface area contributed by atoms with E-state index < -0.39 is 25.3 Å². The number of hydrogen-bond donors (Lipinski definition) is 1. The van der Waals surface area contributed by atoms with Crippen LogP contribution >= 0.6 is 19.1 Å². The van der Waals surface area contributed by atoms with Gasteiger partial charge in [0.2, 0.25) is 13.3 Å². The molecule has 8 heteroatoms. The average molecular weight is 490 g/mol. The molecule has 2 aromatic rings. The van der Waals surface area contributed by atoms with E-state index in [1.165, 1.54) is 10.5 Å². The number of unbranched alkanes of at least 4 members (excludes halogenated alkanes) is 1. The van der Waals surface area contributed by atoms with Gasteiger partial charge < -0.3 is 14.5 Å². The van der Waals surface area contributed by atoms with Crippen LogP contribution < -0.4 is 0 Å².